The Morgan fingerprint density at radius 2 is 2.73 bits per heavy atom. The summed E-state index contributed by atoms with van der Waals surface area (Å²) in [5.74, 6) is 2.57. The highest BCUT2D eigenvalue weighted by Gasteiger charge is 2.00. The summed E-state index contributed by atoms with van der Waals surface area (Å²) < 4.78 is 0. The summed E-state index contributed by atoms with van der Waals surface area (Å²) in [6, 6.07) is 0.271. The Bertz CT molecular complexity index is 237. The third-order valence-corrected chi connectivity index (χ3v) is 1.78. The molecule has 1 aromatic heterocycles. The molecule has 0 aliphatic heterocycles. The van der Waals surface area contributed by atoms with Crippen molar-refractivity contribution in [3.63, 3.8) is 0 Å². The van der Waals surface area contributed by atoms with Crippen LogP contribution in [-0.2, 0) is 0 Å². The highest BCUT2D eigenvalue weighted by molar-refractivity contribution is 7.13. The highest BCUT2D eigenvalue weighted by Crippen LogP contribution is 2.10. The van der Waals surface area contributed by atoms with Gasteiger partial charge in [0.1, 0.15) is 5.51 Å². The second-order valence-corrected chi connectivity index (χ2v) is 3.03. The first-order valence-electron chi connectivity index (χ1n) is 3.29. The van der Waals surface area contributed by atoms with Crippen molar-refractivity contribution in [2.45, 2.75) is 19.4 Å². The summed E-state index contributed by atoms with van der Waals surface area (Å²) in [5, 5.41) is 11.5. The van der Waals surface area contributed by atoms with Crippen molar-refractivity contribution in [2.75, 3.05) is 5.32 Å². The topological polar surface area (TPSA) is 37.8 Å². The molecule has 1 heterocycles. The first kappa shape index (κ1) is 8.02. The smallest absolute Gasteiger partial charge is 0.205 e. The third-order valence-electron chi connectivity index (χ3n) is 1.15. The van der Waals surface area contributed by atoms with Crippen molar-refractivity contribution in [3.8, 4) is 12.3 Å². The van der Waals surface area contributed by atoms with E-state index in [4.69, 9.17) is 6.42 Å². The molecule has 0 aliphatic rings. The summed E-state index contributed by atoms with van der Waals surface area (Å²) in [4.78, 5) is 0. The van der Waals surface area contributed by atoms with Crippen LogP contribution in [0, 0.1) is 12.3 Å². The van der Waals surface area contributed by atoms with E-state index < -0.39 is 0 Å². The SMILES string of the molecule is C#CCC(C)Nc1nncs1. The van der Waals surface area contributed by atoms with Crippen molar-refractivity contribution in [1.82, 2.24) is 10.2 Å². The summed E-state index contributed by atoms with van der Waals surface area (Å²) in [5.41, 5.74) is 1.69. The predicted octanol–water partition coefficient (Wildman–Crippen LogP) is 1.36. The van der Waals surface area contributed by atoms with E-state index in [1.807, 2.05) is 6.92 Å². The first-order chi connectivity index (χ1) is 5.33. The molecule has 11 heavy (non-hydrogen) atoms. The van der Waals surface area contributed by atoms with Gasteiger partial charge in [-0.05, 0) is 6.92 Å². The molecule has 58 valence electrons. The predicted molar refractivity (Wildman–Crippen MR) is 46.4 cm³/mol. The Morgan fingerprint density at radius 3 is 3.27 bits per heavy atom. The quantitative estimate of drug-likeness (QED) is 0.691. The molecule has 1 N–H and O–H groups in total. The maximum atomic E-state index is 5.14. The van der Waals surface area contributed by atoms with Crippen molar-refractivity contribution >= 4 is 16.5 Å². The first-order valence-corrected chi connectivity index (χ1v) is 4.17. The Balaban J connectivity index is 2.38. The monoisotopic (exact) mass is 167 g/mol. The lowest BCUT2D eigenvalue weighted by Gasteiger charge is -2.07. The second kappa shape index (κ2) is 3.94. The number of hydrogen-bond donors (Lipinski definition) is 1. The van der Waals surface area contributed by atoms with Gasteiger partial charge < -0.3 is 5.32 Å². The van der Waals surface area contributed by atoms with Crippen LogP contribution in [0.25, 0.3) is 0 Å². The van der Waals surface area contributed by atoms with E-state index in [2.05, 4.69) is 21.4 Å². The van der Waals surface area contributed by atoms with E-state index in [1.165, 1.54) is 11.3 Å². The summed E-state index contributed by atoms with van der Waals surface area (Å²) in [6.07, 6.45) is 5.84. The van der Waals surface area contributed by atoms with E-state index in [0.29, 0.717) is 6.42 Å². The molecule has 0 radical (unpaired) electrons. The van der Waals surface area contributed by atoms with Gasteiger partial charge in [-0.25, -0.2) is 0 Å². The lowest BCUT2D eigenvalue weighted by atomic mass is 10.2. The maximum Gasteiger partial charge on any atom is 0.205 e. The van der Waals surface area contributed by atoms with Crippen LogP contribution in [0.5, 0.6) is 0 Å². The van der Waals surface area contributed by atoms with E-state index in [1.54, 1.807) is 5.51 Å². The van der Waals surface area contributed by atoms with Gasteiger partial charge in [-0.15, -0.1) is 22.5 Å². The molecular formula is C7H9N3S. The molecule has 1 atom stereocenters. The molecule has 0 bridgehead atoms. The summed E-state index contributed by atoms with van der Waals surface area (Å²) in [7, 11) is 0. The Morgan fingerprint density at radius 1 is 1.91 bits per heavy atom. The van der Waals surface area contributed by atoms with Gasteiger partial charge in [0, 0.05) is 12.5 Å². The third kappa shape index (κ3) is 2.56. The minimum Gasteiger partial charge on any atom is -0.357 e. The van der Waals surface area contributed by atoms with Crippen LogP contribution < -0.4 is 5.32 Å². The molecule has 0 aliphatic carbocycles. The molecule has 3 nitrogen and oxygen atoms in total. The van der Waals surface area contributed by atoms with Crippen molar-refractivity contribution in [3.05, 3.63) is 5.51 Å². The van der Waals surface area contributed by atoms with Gasteiger partial charge in [0.25, 0.3) is 0 Å². The van der Waals surface area contributed by atoms with Crippen molar-refractivity contribution < 1.29 is 0 Å². The maximum absolute atomic E-state index is 5.14. The molecule has 0 saturated carbocycles. The average Bonchev–Trinajstić information content (AvgIpc) is 2.40. The molecule has 1 rings (SSSR count). The van der Waals surface area contributed by atoms with Crippen LogP contribution in [0.1, 0.15) is 13.3 Å². The number of rotatable bonds is 3. The van der Waals surface area contributed by atoms with Gasteiger partial charge in [0.2, 0.25) is 5.13 Å². The largest absolute Gasteiger partial charge is 0.357 e. The van der Waals surface area contributed by atoms with Gasteiger partial charge in [0.15, 0.2) is 0 Å². The van der Waals surface area contributed by atoms with E-state index in [-0.39, 0.29) is 6.04 Å². The van der Waals surface area contributed by atoms with Crippen molar-refractivity contribution in [1.29, 1.82) is 0 Å². The van der Waals surface area contributed by atoms with Crippen LogP contribution in [-0.4, -0.2) is 16.2 Å². The van der Waals surface area contributed by atoms with Crippen LogP contribution >= 0.6 is 11.3 Å². The fraction of sp³-hybridized carbons (Fsp3) is 0.429. The minimum absolute atomic E-state index is 0.271. The van der Waals surface area contributed by atoms with Gasteiger partial charge in [-0.2, -0.15) is 0 Å². The molecule has 4 heteroatoms. The molecular weight excluding hydrogens is 158 g/mol. The number of nitrogens with one attached hydrogen (secondary N) is 1. The standard InChI is InChI=1S/C7H9N3S/c1-3-4-6(2)9-7-10-8-5-11-7/h1,5-6H,4H2,2H3,(H,9,10). The summed E-state index contributed by atoms with van der Waals surface area (Å²) >= 11 is 1.48. The van der Waals surface area contributed by atoms with Crippen LogP contribution in [0.3, 0.4) is 0 Å². The lowest BCUT2D eigenvalue weighted by molar-refractivity contribution is 0.822. The van der Waals surface area contributed by atoms with E-state index >= 15 is 0 Å². The Kier molecular flexibility index (Phi) is 2.87. The fourth-order valence-corrected chi connectivity index (χ4v) is 1.23. The average molecular weight is 167 g/mol. The van der Waals surface area contributed by atoms with E-state index in [0.717, 1.165) is 5.13 Å². The van der Waals surface area contributed by atoms with Crippen LogP contribution in [0.15, 0.2) is 5.51 Å². The van der Waals surface area contributed by atoms with Crippen LogP contribution in [0.4, 0.5) is 5.13 Å². The second-order valence-electron chi connectivity index (χ2n) is 2.20. The molecule has 1 aromatic rings. The van der Waals surface area contributed by atoms with Crippen molar-refractivity contribution in [2.24, 2.45) is 0 Å². The minimum atomic E-state index is 0.271. The lowest BCUT2D eigenvalue weighted by Crippen LogP contribution is -2.13. The van der Waals surface area contributed by atoms with Gasteiger partial charge in [0.05, 0.1) is 0 Å². The molecule has 1 unspecified atom stereocenters. The zero-order valence-electron chi connectivity index (χ0n) is 6.24. The molecule has 0 saturated heterocycles. The molecule has 0 fully saturated rings. The molecule has 0 aromatic carbocycles. The van der Waals surface area contributed by atoms with Crippen LogP contribution in [0.2, 0.25) is 0 Å². The zero-order chi connectivity index (χ0) is 8.10. The number of nitrogens with zero attached hydrogens (tertiary/aromatic N) is 2. The molecule has 0 amide bonds. The number of aromatic nitrogens is 2. The molecule has 0 spiro atoms. The number of hydrogen-bond acceptors (Lipinski definition) is 4. The number of anilines is 1. The Labute approximate surface area is 69.9 Å². The Hall–Kier alpha value is -1.08. The number of terminal acetylenes is 1. The zero-order valence-corrected chi connectivity index (χ0v) is 7.06. The summed E-state index contributed by atoms with van der Waals surface area (Å²) in [6.45, 7) is 2.02. The van der Waals surface area contributed by atoms with E-state index in [9.17, 15) is 0 Å². The van der Waals surface area contributed by atoms with Gasteiger partial charge in [-0.1, -0.05) is 11.3 Å². The normalized spacial score (nSPS) is 12.0. The van der Waals surface area contributed by atoms with Gasteiger partial charge >= 0.3 is 0 Å². The highest BCUT2D eigenvalue weighted by atomic mass is 32.1. The van der Waals surface area contributed by atoms with Gasteiger partial charge in [-0.3, -0.25) is 0 Å². The fourth-order valence-electron chi connectivity index (χ4n) is 0.675.